The summed E-state index contributed by atoms with van der Waals surface area (Å²) in [4.78, 5) is 29.0. The van der Waals surface area contributed by atoms with E-state index in [1.807, 2.05) is 0 Å². The van der Waals surface area contributed by atoms with Crippen LogP contribution in [-0.4, -0.2) is 27.2 Å². The summed E-state index contributed by atoms with van der Waals surface area (Å²) >= 11 is 0. The molecule has 8 nitrogen and oxygen atoms in total. The van der Waals surface area contributed by atoms with Gasteiger partial charge >= 0.3 is 11.9 Å². The van der Waals surface area contributed by atoms with Crippen molar-refractivity contribution in [2.45, 2.75) is 0 Å². The molecular weight excluding hydrogens is 277 g/mol. The Balaban J connectivity index is 0. The summed E-state index contributed by atoms with van der Waals surface area (Å²) in [6, 6.07) is 5.20. The topological polar surface area (TPSA) is 141 Å². The molecule has 0 spiro atoms. The zero-order valence-electron chi connectivity index (χ0n) is 8.07. The van der Waals surface area contributed by atoms with Gasteiger partial charge in [0.2, 0.25) is 0 Å². The third-order valence-electron chi connectivity index (χ3n) is 1.36. The second-order valence-corrected chi connectivity index (χ2v) is 2.41. The molecule has 0 amide bonds. The van der Waals surface area contributed by atoms with Gasteiger partial charge in [0.15, 0.2) is 0 Å². The first-order valence-corrected chi connectivity index (χ1v) is 3.72. The Hall–Kier alpha value is -2.12. The van der Waals surface area contributed by atoms with Gasteiger partial charge in [-0.15, -0.1) is 0 Å². The van der Waals surface area contributed by atoms with Crippen molar-refractivity contribution in [3.63, 3.8) is 0 Å². The SMILES string of the molecule is O=C(O)c1cccc(C(=O)O)c1.O=[N+]([O-])[O-].[Mn]. The van der Waals surface area contributed by atoms with Crippen LogP contribution in [0, 0.1) is 15.3 Å². The van der Waals surface area contributed by atoms with E-state index in [0.717, 1.165) is 6.07 Å². The summed E-state index contributed by atoms with van der Waals surface area (Å²) < 4.78 is 0. The van der Waals surface area contributed by atoms with Gasteiger partial charge in [-0.3, -0.25) is 0 Å². The summed E-state index contributed by atoms with van der Waals surface area (Å²) in [5.41, 5.74) is -0.0372. The minimum Gasteiger partial charge on any atom is -0.478 e. The molecule has 0 atom stereocenters. The molecule has 17 heavy (non-hydrogen) atoms. The van der Waals surface area contributed by atoms with Gasteiger partial charge in [-0.25, -0.2) is 9.59 Å². The Kier molecular flexibility index (Phi) is 8.21. The molecule has 0 saturated heterocycles. The number of aromatic carboxylic acids is 2. The van der Waals surface area contributed by atoms with Crippen molar-refractivity contribution < 1.29 is 42.0 Å². The number of benzene rings is 1. The van der Waals surface area contributed by atoms with Crippen molar-refractivity contribution in [2.24, 2.45) is 0 Å². The first-order valence-electron chi connectivity index (χ1n) is 3.72. The van der Waals surface area contributed by atoms with E-state index in [9.17, 15) is 9.59 Å². The minimum absolute atomic E-state index is 0. The molecule has 0 heterocycles. The van der Waals surface area contributed by atoms with Gasteiger partial charge in [0.1, 0.15) is 0 Å². The van der Waals surface area contributed by atoms with Crippen LogP contribution in [0.4, 0.5) is 0 Å². The number of hydrogen-bond donors (Lipinski definition) is 2. The van der Waals surface area contributed by atoms with Crippen molar-refractivity contribution in [1.29, 1.82) is 0 Å². The number of carbonyl (C=O) groups is 2. The van der Waals surface area contributed by atoms with E-state index in [0.29, 0.717) is 0 Å². The zero-order valence-corrected chi connectivity index (χ0v) is 9.25. The van der Waals surface area contributed by atoms with E-state index >= 15 is 0 Å². The predicted octanol–water partition coefficient (Wildman–Crippen LogP) is 0.841. The van der Waals surface area contributed by atoms with Crippen molar-refractivity contribution in [1.82, 2.24) is 0 Å². The number of carboxylic acid groups (broad SMARTS) is 2. The molecule has 1 rings (SSSR count). The van der Waals surface area contributed by atoms with Gasteiger partial charge in [0.05, 0.1) is 16.2 Å². The second kappa shape index (κ2) is 8.08. The van der Waals surface area contributed by atoms with Crippen molar-refractivity contribution in [3.05, 3.63) is 50.7 Å². The van der Waals surface area contributed by atoms with Crippen LogP contribution in [0.5, 0.6) is 0 Å². The maximum atomic E-state index is 10.4. The third-order valence-corrected chi connectivity index (χ3v) is 1.36. The molecule has 0 saturated carbocycles. The summed E-state index contributed by atoms with van der Waals surface area (Å²) in [7, 11) is 0. The van der Waals surface area contributed by atoms with E-state index in [2.05, 4.69) is 0 Å². The fourth-order valence-corrected chi connectivity index (χ4v) is 0.785. The van der Waals surface area contributed by atoms with E-state index < -0.39 is 17.0 Å². The Morgan fingerprint density at radius 2 is 1.35 bits per heavy atom. The molecule has 1 aromatic rings. The van der Waals surface area contributed by atoms with Gasteiger partial charge in [-0.05, 0) is 18.2 Å². The Morgan fingerprint density at radius 1 is 1.06 bits per heavy atom. The monoisotopic (exact) mass is 283 g/mol. The summed E-state index contributed by atoms with van der Waals surface area (Å²) in [5.74, 6) is -2.25. The van der Waals surface area contributed by atoms with Crippen LogP contribution in [0.15, 0.2) is 24.3 Å². The molecule has 0 unspecified atom stereocenters. The van der Waals surface area contributed by atoms with Crippen LogP contribution in [0.25, 0.3) is 0 Å². The molecule has 0 bridgehead atoms. The maximum Gasteiger partial charge on any atom is 0.335 e. The molecule has 0 aliphatic heterocycles. The number of rotatable bonds is 2. The number of hydrogen-bond acceptors (Lipinski definition) is 5. The molecule has 0 fully saturated rings. The Labute approximate surface area is 105 Å². The normalized spacial score (nSPS) is 8.00. The van der Waals surface area contributed by atoms with Crippen LogP contribution in [-0.2, 0) is 17.1 Å². The average molecular weight is 283 g/mol. The first-order chi connectivity index (χ1) is 7.34. The molecule has 93 valence electrons. The molecule has 1 aromatic carbocycles. The van der Waals surface area contributed by atoms with Gasteiger partial charge in [-0.1, -0.05) is 6.07 Å². The van der Waals surface area contributed by atoms with Crippen LogP contribution in [0.1, 0.15) is 20.7 Å². The molecule has 2 N–H and O–H groups in total. The third kappa shape index (κ3) is 7.77. The molecule has 0 aliphatic rings. The van der Waals surface area contributed by atoms with Gasteiger partial charge in [-0.2, -0.15) is 0 Å². The van der Waals surface area contributed by atoms with E-state index in [1.165, 1.54) is 18.2 Å². The first kappa shape index (κ1) is 17.3. The van der Waals surface area contributed by atoms with Gasteiger partial charge in [0, 0.05) is 17.1 Å². The summed E-state index contributed by atoms with van der Waals surface area (Å²) in [5, 5.41) is 31.7. The quantitative estimate of drug-likeness (QED) is 0.465. The molecule has 1 radical (unpaired) electrons. The van der Waals surface area contributed by atoms with Crippen LogP contribution >= 0.6 is 0 Å². The number of carboxylic acids is 2. The van der Waals surface area contributed by atoms with E-state index in [-0.39, 0.29) is 28.2 Å². The second-order valence-electron chi connectivity index (χ2n) is 2.41. The maximum absolute atomic E-state index is 10.4. The molecule has 0 aromatic heterocycles. The van der Waals surface area contributed by atoms with Gasteiger partial charge < -0.3 is 25.5 Å². The van der Waals surface area contributed by atoms with Crippen molar-refractivity contribution in [3.8, 4) is 0 Å². The fraction of sp³-hybridized carbons (Fsp3) is 0. The van der Waals surface area contributed by atoms with Crippen LogP contribution in [0.2, 0.25) is 0 Å². The smallest absolute Gasteiger partial charge is 0.335 e. The van der Waals surface area contributed by atoms with E-state index in [1.54, 1.807) is 0 Å². The largest absolute Gasteiger partial charge is 0.478 e. The Morgan fingerprint density at radius 3 is 1.59 bits per heavy atom. The summed E-state index contributed by atoms with van der Waals surface area (Å²) in [6.07, 6.45) is 0. The zero-order chi connectivity index (χ0) is 12.7. The minimum atomic E-state index is -1.75. The van der Waals surface area contributed by atoms with Crippen LogP contribution < -0.4 is 0 Å². The Bertz CT molecular complexity index is 387. The molecule has 0 aliphatic carbocycles. The predicted molar refractivity (Wildman–Crippen MR) is 50.7 cm³/mol. The van der Waals surface area contributed by atoms with Crippen LogP contribution in [0.3, 0.4) is 0 Å². The van der Waals surface area contributed by atoms with Crippen molar-refractivity contribution in [2.75, 3.05) is 0 Å². The average Bonchev–Trinajstić information content (AvgIpc) is 2.17. The van der Waals surface area contributed by atoms with Gasteiger partial charge in [0.25, 0.3) is 0 Å². The molecular formula is C8H6MnNO7-. The van der Waals surface area contributed by atoms with Crippen molar-refractivity contribution >= 4 is 11.9 Å². The standard InChI is InChI=1S/C8H6O4.Mn.NO3/c9-7(10)5-2-1-3-6(4-5)8(11)12;;2-1(3)4/h1-4H,(H,9,10)(H,11,12);;/q;;-1. The van der Waals surface area contributed by atoms with E-state index in [4.69, 9.17) is 25.5 Å². The summed E-state index contributed by atoms with van der Waals surface area (Å²) in [6.45, 7) is 0. The fourth-order valence-electron chi connectivity index (χ4n) is 0.785. The molecule has 9 heteroatoms. The number of nitrogens with zero attached hydrogens (tertiary/aromatic N) is 1.